The van der Waals surface area contributed by atoms with E-state index >= 15 is 0 Å². The second-order valence-electron chi connectivity index (χ2n) is 4.04. The van der Waals surface area contributed by atoms with Gasteiger partial charge in [-0.3, -0.25) is 5.43 Å². The first-order valence-corrected chi connectivity index (χ1v) is 6.24. The quantitative estimate of drug-likeness (QED) is 0.404. The molecule has 6 heteroatoms. The van der Waals surface area contributed by atoms with E-state index < -0.39 is 5.97 Å². The molecule has 0 aliphatic carbocycles. The molecule has 2 rings (SSSR count). The smallest absolute Gasteiger partial charge is 0.345 e. The molecule has 0 aromatic heterocycles. The van der Waals surface area contributed by atoms with E-state index in [0.717, 1.165) is 0 Å². The summed E-state index contributed by atoms with van der Waals surface area (Å²) in [6.45, 7) is 0. The van der Waals surface area contributed by atoms with Crippen LogP contribution in [0.15, 0.2) is 59.7 Å². The number of ether oxygens (including phenoxy) is 1. The predicted octanol–water partition coefficient (Wildman–Crippen LogP) is 2.72. The number of para-hydroxylation sites is 2. The molecule has 0 saturated heterocycles. The fraction of sp³-hybridized carbons (Fsp3) is 0. The van der Waals surface area contributed by atoms with Crippen LogP contribution in [0.25, 0.3) is 0 Å². The van der Waals surface area contributed by atoms with Crippen LogP contribution in [0, 0.1) is 22.7 Å². The normalized spacial score (nSPS) is 9.00. The number of nitriles is 2. The molecule has 106 valence electrons. The van der Waals surface area contributed by atoms with E-state index in [2.05, 4.69) is 10.5 Å². The second-order valence-corrected chi connectivity index (χ2v) is 4.04. The van der Waals surface area contributed by atoms with Crippen molar-refractivity contribution in [2.24, 2.45) is 5.10 Å². The maximum Gasteiger partial charge on any atom is 0.345 e. The fourth-order valence-electron chi connectivity index (χ4n) is 1.60. The van der Waals surface area contributed by atoms with Gasteiger partial charge in [0.1, 0.15) is 17.9 Å². The zero-order chi connectivity index (χ0) is 15.8. The highest BCUT2D eigenvalue weighted by Gasteiger charge is 2.13. The first-order chi connectivity index (χ1) is 10.7. The maximum absolute atomic E-state index is 12.2. The van der Waals surface area contributed by atoms with E-state index in [1.165, 1.54) is 0 Å². The summed E-state index contributed by atoms with van der Waals surface area (Å²) in [7, 11) is 0. The van der Waals surface area contributed by atoms with Crippen LogP contribution in [0.3, 0.4) is 0 Å². The number of carbonyl (C=O) groups excluding carboxylic acids is 1. The first-order valence-electron chi connectivity index (χ1n) is 6.24. The van der Waals surface area contributed by atoms with Gasteiger partial charge < -0.3 is 4.74 Å². The summed E-state index contributed by atoms with van der Waals surface area (Å²) >= 11 is 0. The second kappa shape index (κ2) is 7.22. The summed E-state index contributed by atoms with van der Waals surface area (Å²) in [4.78, 5) is 12.2. The van der Waals surface area contributed by atoms with Gasteiger partial charge in [-0.05, 0) is 24.3 Å². The van der Waals surface area contributed by atoms with Gasteiger partial charge in [0.25, 0.3) is 0 Å². The number of hydrogen-bond donors (Lipinski definition) is 1. The lowest BCUT2D eigenvalue weighted by Crippen LogP contribution is -2.11. The Morgan fingerprint density at radius 2 is 1.64 bits per heavy atom. The number of carbonyl (C=O) groups is 1. The van der Waals surface area contributed by atoms with Crippen molar-refractivity contribution < 1.29 is 9.53 Å². The summed E-state index contributed by atoms with van der Waals surface area (Å²) in [6, 6.07) is 18.4. The summed E-state index contributed by atoms with van der Waals surface area (Å²) < 4.78 is 5.24. The molecule has 0 saturated carbocycles. The van der Waals surface area contributed by atoms with Crippen molar-refractivity contribution >= 4 is 17.4 Å². The topological polar surface area (TPSA) is 98.3 Å². The Balaban J connectivity index is 2.22. The van der Waals surface area contributed by atoms with Crippen LogP contribution >= 0.6 is 0 Å². The van der Waals surface area contributed by atoms with Crippen molar-refractivity contribution in [3.63, 3.8) is 0 Å². The molecule has 1 N–H and O–H groups in total. The number of esters is 1. The molecule has 2 aromatic carbocycles. The van der Waals surface area contributed by atoms with E-state index in [1.807, 2.05) is 6.07 Å². The number of anilines is 1. The van der Waals surface area contributed by atoms with Gasteiger partial charge in [-0.2, -0.15) is 15.6 Å². The molecule has 0 bridgehead atoms. The highest BCUT2D eigenvalue weighted by molar-refractivity contribution is 6.10. The van der Waals surface area contributed by atoms with Crippen LogP contribution in [0.5, 0.6) is 5.75 Å². The van der Waals surface area contributed by atoms with Gasteiger partial charge in [0.2, 0.25) is 5.71 Å². The van der Waals surface area contributed by atoms with Crippen LogP contribution in [-0.4, -0.2) is 11.7 Å². The zero-order valence-electron chi connectivity index (χ0n) is 11.4. The Labute approximate surface area is 126 Å². The van der Waals surface area contributed by atoms with Gasteiger partial charge >= 0.3 is 5.97 Å². The number of nitrogens with zero attached hydrogens (tertiary/aromatic N) is 3. The molecule has 0 aliphatic heterocycles. The van der Waals surface area contributed by atoms with Gasteiger partial charge in [-0.15, -0.1) is 0 Å². The van der Waals surface area contributed by atoms with Crippen molar-refractivity contribution in [3.8, 4) is 17.9 Å². The standard InChI is InChI=1S/C16H10N4O2/c17-10-12(11-18)19-20-15-9-5-4-8-14(15)16(21)22-13-6-2-1-3-7-13/h1-9,20H. The average Bonchev–Trinajstić information content (AvgIpc) is 2.57. The lowest BCUT2D eigenvalue weighted by atomic mass is 10.2. The Hall–Kier alpha value is -3.64. The molecule has 0 unspecified atom stereocenters. The van der Waals surface area contributed by atoms with Crippen LogP contribution < -0.4 is 10.2 Å². The van der Waals surface area contributed by atoms with Crippen molar-refractivity contribution in [2.75, 3.05) is 5.43 Å². The van der Waals surface area contributed by atoms with Crippen LogP contribution in [-0.2, 0) is 0 Å². The monoisotopic (exact) mass is 290 g/mol. The molecule has 22 heavy (non-hydrogen) atoms. The average molecular weight is 290 g/mol. The van der Waals surface area contributed by atoms with E-state index in [0.29, 0.717) is 11.4 Å². The van der Waals surface area contributed by atoms with Crippen molar-refractivity contribution in [3.05, 3.63) is 60.2 Å². The minimum atomic E-state index is -0.569. The SMILES string of the molecule is N#CC(C#N)=NNc1ccccc1C(=O)Oc1ccccc1. The third-order valence-electron chi connectivity index (χ3n) is 2.60. The van der Waals surface area contributed by atoms with Gasteiger partial charge in [0.15, 0.2) is 0 Å². The summed E-state index contributed by atoms with van der Waals surface area (Å²) in [6.07, 6.45) is 0. The predicted molar refractivity (Wildman–Crippen MR) is 80.1 cm³/mol. The summed E-state index contributed by atoms with van der Waals surface area (Å²) in [5, 5.41) is 20.9. The van der Waals surface area contributed by atoms with Crippen LogP contribution in [0.4, 0.5) is 5.69 Å². The van der Waals surface area contributed by atoms with Crippen LogP contribution in [0.1, 0.15) is 10.4 Å². The van der Waals surface area contributed by atoms with E-state index in [1.54, 1.807) is 60.7 Å². The van der Waals surface area contributed by atoms with E-state index in [4.69, 9.17) is 15.3 Å². The molecule has 0 fully saturated rings. The third-order valence-corrected chi connectivity index (χ3v) is 2.60. The highest BCUT2D eigenvalue weighted by atomic mass is 16.5. The van der Waals surface area contributed by atoms with E-state index in [9.17, 15) is 4.79 Å². The van der Waals surface area contributed by atoms with E-state index in [-0.39, 0.29) is 11.3 Å². The Morgan fingerprint density at radius 3 is 2.32 bits per heavy atom. The largest absolute Gasteiger partial charge is 0.423 e. The van der Waals surface area contributed by atoms with Gasteiger partial charge in [0.05, 0.1) is 11.3 Å². The van der Waals surface area contributed by atoms with Gasteiger partial charge in [0, 0.05) is 0 Å². The summed E-state index contributed by atoms with van der Waals surface area (Å²) in [5.41, 5.74) is 2.76. The van der Waals surface area contributed by atoms with Crippen molar-refractivity contribution in [1.29, 1.82) is 10.5 Å². The number of hydrazone groups is 1. The molecular formula is C16H10N4O2. The fourth-order valence-corrected chi connectivity index (χ4v) is 1.60. The lowest BCUT2D eigenvalue weighted by molar-refractivity contribution is 0.0736. The maximum atomic E-state index is 12.2. The third kappa shape index (κ3) is 3.69. The molecule has 0 amide bonds. The van der Waals surface area contributed by atoms with Crippen LogP contribution in [0.2, 0.25) is 0 Å². The molecule has 0 radical (unpaired) electrons. The Morgan fingerprint density at radius 1 is 1.00 bits per heavy atom. The van der Waals surface area contributed by atoms with Crippen molar-refractivity contribution in [1.82, 2.24) is 0 Å². The molecular weight excluding hydrogens is 280 g/mol. The molecule has 0 aliphatic rings. The first kappa shape index (κ1) is 14.8. The number of benzene rings is 2. The Bertz CT molecular complexity index is 770. The highest BCUT2D eigenvalue weighted by Crippen LogP contribution is 2.18. The van der Waals surface area contributed by atoms with Crippen molar-refractivity contribution in [2.45, 2.75) is 0 Å². The minimum Gasteiger partial charge on any atom is -0.423 e. The Kier molecular flexibility index (Phi) is 4.85. The van der Waals surface area contributed by atoms with Gasteiger partial charge in [-0.25, -0.2) is 4.79 Å². The number of rotatable bonds is 4. The van der Waals surface area contributed by atoms with Gasteiger partial charge in [-0.1, -0.05) is 30.3 Å². The molecule has 0 atom stereocenters. The lowest BCUT2D eigenvalue weighted by Gasteiger charge is -2.08. The zero-order valence-corrected chi connectivity index (χ0v) is 11.4. The molecule has 6 nitrogen and oxygen atoms in total. The summed E-state index contributed by atoms with van der Waals surface area (Å²) in [5.74, 6) is -0.152. The number of nitrogens with one attached hydrogen (secondary N) is 1. The molecule has 0 spiro atoms. The molecule has 2 aromatic rings. The number of hydrogen-bond acceptors (Lipinski definition) is 6. The molecule has 0 heterocycles. The minimum absolute atomic E-state index is 0.241.